The smallest absolute Gasteiger partial charge is 0.338 e. The summed E-state index contributed by atoms with van der Waals surface area (Å²) in [6, 6.07) is 41.2. The van der Waals surface area contributed by atoms with Gasteiger partial charge >= 0.3 is 5.97 Å². The summed E-state index contributed by atoms with van der Waals surface area (Å²) in [5.41, 5.74) is 15.0. The van der Waals surface area contributed by atoms with Gasteiger partial charge in [-0.1, -0.05) is 84.8 Å². The molecule has 8 rings (SSSR count). The third-order valence-corrected chi connectivity index (χ3v) is 11.4. The Kier molecular flexibility index (Phi) is 10.9. The molecule has 0 aliphatic rings. The van der Waals surface area contributed by atoms with Crippen LogP contribution in [0.25, 0.3) is 67.1 Å². The first kappa shape index (κ1) is 39.6. The molecule has 60 heavy (non-hydrogen) atoms. The van der Waals surface area contributed by atoms with Crippen LogP contribution in [-0.2, 0) is 17.7 Å². The van der Waals surface area contributed by atoms with Crippen LogP contribution in [0, 0.1) is 25.7 Å². The summed E-state index contributed by atoms with van der Waals surface area (Å²) in [5, 5.41) is 2.74. The molecule has 8 aromatic rings. The van der Waals surface area contributed by atoms with Crippen molar-refractivity contribution in [2.75, 3.05) is 14.2 Å². The summed E-state index contributed by atoms with van der Waals surface area (Å²) in [5.74, 6) is 7.34. The van der Waals surface area contributed by atoms with Gasteiger partial charge in [-0.3, -0.25) is 4.79 Å². The number of ether oxygens (including phenoxy) is 1. The van der Waals surface area contributed by atoms with Gasteiger partial charge in [0.1, 0.15) is 11.6 Å². The van der Waals surface area contributed by atoms with Crippen LogP contribution in [0.1, 0.15) is 69.8 Å². The zero-order chi connectivity index (χ0) is 42.1. The van der Waals surface area contributed by atoms with Gasteiger partial charge in [0.2, 0.25) is 0 Å². The molecule has 0 spiro atoms. The SMILES string of the molecule is CC#Cc1ccc2c(c1)nc(-c1ccccc1-c1ccc(CC(C)n3c(-c4ccccc4-c4ccc(C)c(C(=O)OC)c4)nc4cc(C(=O)NC)ccc43)cc1C)n2CC. The second kappa shape index (κ2) is 16.6. The fraction of sp³-hybridized carbons (Fsp3) is 0.192. The largest absolute Gasteiger partial charge is 0.465 e. The van der Waals surface area contributed by atoms with E-state index in [9.17, 15) is 9.59 Å². The molecule has 0 saturated carbocycles. The van der Waals surface area contributed by atoms with Crippen molar-refractivity contribution < 1.29 is 14.3 Å². The van der Waals surface area contributed by atoms with E-state index in [4.69, 9.17) is 14.7 Å². The number of aryl methyl sites for hydroxylation is 3. The summed E-state index contributed by atoms with van der Waals surface area (Å²) in [6.07, 6.45) is 0.728. The number of fused-ring (bicyclic) bond motifs is 2. The number of methoxy groups -OCH3 is 1. The number of esters is 1. The first-order valence-corrected chi connectivity index (χ1v) is 20.3. The van der Waals surface area contributed by atoms with E-state index < -0.39 is 0 Å². The van der Waals surface area contributed by atoms with Gasteiger partial charge in [0.25, 0.3) is 5.91 Å². The number of imidazole rings is 2. The molecule has 1 atom stereocenters. The van der Waals surface area contributed by atoms with E-state index in [1.165, 1.54) is 18.2 Å². The molecule has 0 saturated heterocycles. The molecule has 0 bridgehead atoms. The van der Waals surface area contributed by atoms with Crippen molar-refractivity contribution >= 4 is 33.9 Å². The Hall–Kier alpha value is -7.24. The third kappa shape index (κ3) is 7.24. The van der Waals surface area contributed by atoms with E-state index in [-0.39, 0.29) is 17.9 Å². The molecule has 1 amide bonds. The topological polar surface area (TPSA) is 91.0 Å². The Morgan fingerprint density at radius 3 is 2.12 bits per heavy atom. The Labute approximate surface area is 350 Å². The van der Waals surface area contributed by atoms with Crippen molar-refractivity contribution in [1.82, 2.24) is 24.4 Å². The fourth-order valence-corrected chi connectivity index (χ4v) is 8.45. The predicted octanol–water partition coefficient (Wildman–Crippen LogP) is 11.0. The summed E-state index contributed by atoms with van der Waals surface area (Å²) >= 11 is 0. The van der Waals surface area contributed by atoms with Crippen LogP contribution in [0.5, 0.6) is 0 Å². The number of hydrogen-bond acceptors (Lipinski definition) is 5. The number of hydrogen-bond donors (Lipinski definition) is 1. The zero-order valence-electron chi connectivity index (χ0n) is 35.1. The number of aromatic nitrogens is 4. The molecule has 1 unspecified atom stereocenters. The van der Waals surface area contributed by atoms with E-state index in [1.54, 1.807) is 7.05 Å². The summed E-state index contributed by atoms with van der Waals surface area (Å²) in [6.45, 7) is 11.1. The van der Waals surface area contributed by atoms with E-state index in [1.807, 2.05) is 62.4 Å². The first-order chi connectivity index (χ1) is 29.1. The van der Waals surface area contributed by atoms with Crippen LogP contribution >= 0.6 is 0 Å². The number of benzene rings is 6. The van der Waals surface area contributed by atoms with Crippen molar-refractivity contribution in [3.63, 3.8) is 0 Å². The lowest BCUT2D eigenvalue weighted by Crippen LogP contribution is -2.17. The minimum absolute atomic E-state index is 0.0307. The minimum Gasteiger partial charge on any atom is -0.465 e. The van der Waals surface area contributed by atoms with Crippen LogP contribution in [0.15, 0.2) is 121 Å². The van der Waals surface area contributed by atoms with E-state index in [0.717, 1.165) is 91.2 Å². The predicted molar refractivity (Wildman–Crippen MR) is 242 cm³/mol. The molecular formula is C52H47N5O3. The Morgan fingerprint density at radius 1 is 0.733 bits per heavy atom. The number of rotatable bonds is 10. The van der Waals surface area contributed by atoms with E-state index in [2.05, 4.69) is 120 Å². The van der Waals surface area contributed by atoms with Crippen LogP contribution in [0.3, 0.4) is 0 Å². The molecule has 0 aliphatic carbocycles. The second-order valence-corrected chi connectivity index (χ2v) is 15.2. The Bertz CT molecular complexity index is 3030. The highest BCUT2D eigenvalue weighted by atomic mass is 16.5. The van der Waals surface area contributed by atoms with Crippen LogP contribution < -0.4 is 5.32 Å². The van der Waals surface area contributed by atoms with Gasteiger partial charge < -0.3 is 19.2 Å². The van der Waals surface area contributed by atoms with Gasteiger partial charge in [-0.05, 0) is 122 Å². The van der Waals surface area contributed by atoms with Crippen molar-refractivity contribution in [3.8, 4) is 56.9 Å². The van der Waals surface area contributed by atoms with E-state index in [0.29, 0.717) is 11.1 Å². The maximum atomic E-state index is 12.8. The van der Waals surface area contributed by atoms with Gasteiger partial charge in [-0.15, -0.1) is 5.92 Å². The number of nitrogens with one attached hydrogen (secondary N) is 1. The molecule has 2 heterocycles. The molecule has 1 N–H and O–H groups in total. The van der Waals surface area contributed by atoms with Gasteiger partial charge in [-0.25, -0.2) is 14.8 Å². The van der Waals surface area contributed by atoms with Crippen LogP contribution in [0.2, 0.25) is 0 Å². The van der Waals surface area contributed by atoms with Gasteiger partial charge in [0.15, 0.2) is 0 Å². The van der Waals surface area contributed by atoms with Crippen LogP contribution in [-0.4, -0.2) is 45.1 Å². The Morgan fingerprint density at radius 2 is 1.42 bits per heavy atom. The molecule has 8 nitrogen and oxygen atoms in total. The summed E-state index contributed by atoms with van der Waals surface area (Å²) in [7, 11) is 3.03. The minimum atomic E-state index is -0.378. The lowest BCUT2D eigenvalue weighted by molar-refractivity contribution is 0.0599. The van der Waals surface area contributed by atoms with Crippen molar-refractivity contribution in [3.05, 3.63) is 155 Å². The van der Waals surface area contributed by atoms with Crippen LogP contribution in [0.4, 0.5) is 0 Å². The highest BCUT2D eigenvalue weighted by Crippen LogP contribution is 2.39. The van der Waals surface area contributed by atoms with Crippen molar-refractivity contribution in [2.24, 2.45) is 0 Å². The van der Waals surface area contributed by atoms with Gasteiger partial charge in [0, 0.05) is 41.9 Å². The van der Waals surface area contributed by atoms with Gasteiger partial charge in [0.05, 0.1) is 34.7 Å². The monoisotopic (exact) mass is 789 g/mol. The quantitative estimate of drug-likeness (QED) is 0.110. The molecule has 6 aromatic carbocycles. The Balaban J connectivity index is 1.19. The number of carbonyl (C=O) groups excluding carboxylic acids is 2. The highest BCUT2D eigenvalue weighted by Gasteiger charge is 2.23. The zero-order valence-corrected chi connectivity index (χ0v) is 35.1. The number of amides is 1. The molecular weight excluding hydrogens is 743 g/mol. The van der Waals surface area contributed by atoms with Crippen molar-refractivity contribution in [1.29, 1.82) is 0 Å². The lowest BCUT2D eigenvalue weighted by Gasteiger charge is -2.21. The maximum Gasteiger partial charge on any atom is 0.338 e. The second-order valence-electron chi connectivity index (χ2n) is 15.2. The lowest BCUT2D eigenvalue weighted by atomic mass is 9.93. The normalized spacial score (nSPS) is 11.7. The molecule has 0 fully saturated rings. The molecule has 0 radical (unpaired) electrons. The van der Waals surface area contributed by atoms with E-state index >= 15 is 0 Å². The summed E-state index contributed by atoms with van der Waals surface area (Å²) in [4.78, 5) is 35.9. The first-order valence-electron chi connectivity index (χ1n) is 20.3. The molecule has 0 aliphatic heterocycles. The van der Waals surface area contributed by atoms with Gasteiger partial charge in [-0.2, -0.15) is 0 Å². The molecule has 8 heteroatoms. The third-order valence-electron chi connectivity index (χ3n) is 11.4. The average Bonchev–Trinajstić information content (AvgIpc) is 3.84. The summed E-state index contributed by atoms with van der Waals surface area (Å²) < 4.78 is 9.67. The van der Waals surface area contributed by atoms with Crippen molar-refractivity contribution in [2.45, 2.75) is 53.6 Å². The standard InChI is InChI=1S/C52H47N5O3/c1-8-14-35-21-25-47-45(29-35)54-49(56(47)9-2)43-18-13-11-16-41(43)39-24-20-36(27-33(39)4)28-34(5)57-48-26-23-38(51(58)53-6)31-46(48)55-50(57)42-17-12-10-15-40(42)37-22-19-32(3)44(30-37)52(59)60-7/h10-13,15-27,29-31,34H,9,28H2,1-7H3,(H,53,58). The molecule has 298 valence electrons. The fourth-order valence-electron chi connectivity index (χ4n) is 8.45. The highest BCUT2D eigenvalue weighted by molar-refractivity contribution is 5.98. The maximum absolute atomic E-state index is 12.8. The molecule has 2 aromatic heterocycles. The average molecular weight is 790 g/mol. The number of carbonyl (C=O) groups is 2. The number of nitrogens with zero attached hydrogens (tertiary/aromatic N) is 4.